The number of benzene rings is 1. The molecular formula is C23H31NO6. The third-order valence-electron chi connectivity index (χ3n) is 5.84. The van der Waals surface area contributed by atoms with Crippen molar-refractivity contribution in [3.8, 4) is 0 Å². The highest BCUT2D eigenvalue weighted by Crippen LogP contribution is 2.42. The summed E-state index contributed by atoms with van der Waals surface area (Å²) in [7, 11) is 2.88. The summed E-state index contributed by atoms with van der Waals surface area (Å²) in [5.74, 6) is -0.898. The van der Waals surface area contributed by atoms with Gasteiger partial charge in [0.25, 0.3) is 0 Å². The van der Waals surface area contributed by atoms with Crippen molar-refractivity contribution < 1.29 is 28.6 Å². The number of fused-ring (bicyclic) bond motifs is 1. The smallest absolute Gasteiger partial charge is 0.337 e. The summed E-state index contributed by atoms with van der Waals surface area (Å²) in [4.78, 5) is 37.8. The maximum Gasteiger partial charge on any atom is 0.337 e. The number of methoxy groups -OCH3 is 2. The Morgan fingerprint density at radius 1 is 1.20 bits per heavy atom. The molecule has 1 aromatic carbocycles. The topological polar surface area (TPSA) is 82.1 Å². The molecule has 0 bridgehead atoms. The summed E-state index contributed by atoms with van der Waals surface area (Å²) in [6, 6.07) is 5.05. The molecule has 1 aliphatic rings. The van der Waals surface area contributed by atoms with Crippen molar-refractivity contribution >= 4 is 24.0 Å². The molecule has 7 heteroatoms. The van der Waals surface area contributed by atoms with Crippen LogP contribution in [-0.2, 0) is 30.2 Å². The molecule has 0 fully saturated rings. The summed E-state index contributed by atoms with van der Waals surface area (Å²) in [5, 5.41) is 0. The number of hydrogen-bond acceptors (Lipinski definition) is 6. The predicted molar refractivity (Wildman–Crippen MR) is 113 cm³/mol. The molecule has 0 radical (unpaired) electrons. The van der Waals surface area contributed by atoms with Crippen molar-refractivity contribution in [2.24, 2.45) is 0 Å². The van der Waals surface area contributed by atoms with Gasteiger partial charge in [0.05, 0.1) is 19.3 Å². The number of amides is 1. The van der Waals surface area contributed by atoms with E-state index in [9.17, 15) is 14.4 Å². The van der Waals surface area contributed by atoms with Crippen molar-refractivity contribution in [1.82, 2.24) is 0 Å². The van der Waals surface area contributed by atoms with E-state index in [-0.39, 0.29) is 6.61 Å². The number of hydrogen-bond donors (Lipinski definition) is 0. The lowest BCUT2D eigenvalue weighted by molar-refractivity contribution is -0.152. The molecule has 1 aliphatic heterocycles. The molecule has 1 heterocycles. The van der Waals surface area contributed by atoms with Crippen LogP contribution >= 0.6 is 0 Å². The van der Waals surface area contributed by atoms with Crippen molar-refractivity contribution in [3.05, 3.63) is 40.5 Å². The van der Waals surface area contributed by atoms with E-state index in [1.54, 1.807) is 30.2 Å². The molecule has 0 unspecified atom stereocenters. The van der Waals surface area contributed by atoms with Crippen molar-refractivity contribution in [2.45, 2.75) is 58.6 Å². The van der Waals surface area contributed by atoms with Crippen LogP contribution in [0.25, 0.3) is 0 Å². The number of ether oxygens (including phenoxy) is 3. The Morgan fingerprint density at radius 3 is 2.43 bits per heavy atom. The van der Waals surface area contributed by atoms with Gasteiger partial charge in [-0.25, -0.2) is 4.79 Å². The summed E-state index contributed by atoms with van der Waals surface area (Å²) < 4.78 is 16.1. The van der Waals surface area contributed by atoms with Gasteiger partial charge < -0.3 is 19.1 Å². The van der Waals surface area contributed by atoms with E-state index < -0.39 is 23.6 Å². The Morgan fingerprint density at radius 2 is 1.90 bits per heavy atom. The number of carbonyl (C=O) groups excluding carboxylic acids is 3. The first-order valence-electron chi connectivity index (χ1n) is 9.95. The van der Waals surface area contributed by atoms with E-state index in [1.165, 1.54) is 25.2 Å². The molecule has 0 aliphatic carbocycles. The Bertz CT molecular complexity index is 842. The number of allylic oxidation sites excluding steroid dienone is 2. The SMILES string of the molecule is COC[C@]1(CCC(C)=C(C)C)[C@H](OC(C)=O)Cc2cc(C(=O)OC)ccc2N1C=O. The Kier molecular flexibility index (Phi) is 7.78. The van der Waals surface area contributed by atoms with Crippen LogP contribution in [0.1, 0.15) is 56.5 Å². The number of esters is 2. The fourth-order valence-electron chi connectivity index (χ4n) is 3.95. The van der Waals surface area contributed by atoms with Gasteiger partial charge >= 0.3 is 11.9 Å². The second-order valence-electron chi connectivity index (χ2n) is 7.93. The lowest BCUT2D eigenvalue weighted by Gasteiger charge is -2.50. The van der Waals surface area contributed by atoms with Crippen LogP contribution in [0, 0.1) is 0 Å². The Balaban J connectivity index is 2.61. The maximum absolute atomic E-state index is 12.3. The third-order valence-corrected chi connectivity index (χ3v) is 5.84. The fourth-order valence-corrected chi connectivity index (χ4v) is 3.95. The van der Waals surface area contributed by atoms with Crippen LogP contribution in [-0.4, -0.2) is 50.8 Å². The van der Waals surface area contributed by atoms with E-state index in [0.29, 0.717) is 24.1 Å². The third kappa shape index (κ3) is 4.73. The lowest BCUT2D eigenvalue weighted by Crippen LogP contribution is -2.64. The van der Waals surface area contributed by atoms with E-state index in [4.69, 9.17) is 14.2 Å². The van der Waals surface area contributed by atoms with Crippen molar-refractivity contribution in [2.75, 3.05) is 25.7 Å². The molecule has 7 nitrogen and oxygen atoms in total. The zero-order chi connectivity index (χ0) is 22.5. The summed E-state index contributed by atoms with van der Waals surface area (Å²) >= 11 is 0. The summed E-state index contributed by atoms with van der Waals surface area (Å²) in [6.45, 7) is 7.71. The van der Waals surface area contributed by atoms with Gasteiger partial charge in [-0.2, -0.15) is 0 Å². The van der Waals surface area contributed by atoms with Crippen LogP contribution in [0.5, 0.6) is 0 Å². The van der Waals surface area contributed by atoms with Crippen LogP contribution < -0.4 is 4.90 Å². The monoisotopic (exact) mass is 417 g/mol. The molecule has 0 saturated heterocycles. The van der Waals surface area contributed by atoms with Gasteiger partial charge in [-0.05, 0) is 57.4 Å². The lowest BCUT2D eigenvalue weighted by atomic mass is 9.77. The van der Waals surface area contributed by atoms with Crippen molar-refractivity contribution in [1.29, 1.82) is 0 Å². The molecule has 0 aromatic heterocycles. The molecule has 2 rings (SSSR count). The average Bonchev–Trinajstić information content (AvgIpc) is 2.71. The zero-order valence-electron chi connectivity index (χ0n) is 18.6. The highest BCUT2D eigenvalue weighted by atomic mass is 16.5. The largest absolute Gasteiger partial charge is 0.465 e. The minimum Gasteiger partial charge on any atom is -0.465 e. The fraction of sp³-hybridized carbons (Fsp3) is 0.522. The molecule has 0 N–H and O–H groups in total. The van der Waals surface area contributed by atoms with Crippen LogP contribution in [0.4, 0.5) is 5.69 Å². The van der Waals surface area contributed by atoms with Crippen LogP contribution in [0.2, 0.25) is 0 Å². The predicted octanol–water partition coefficient (Wildman–Crippen LogP) is 3.45. The molecule has 30 heavy (non-hydrogen) atoms. The van der Waals surface area contributed by atoms with Gasteiger partial charge in [0.2, 0.25) is 6.41 Å². The molecule has 2 atom stereocenters. The van der Waals surface area contributed by atoms with Gasteiger partial charge in [0.15, 0.2) is 0 Å². The standard InChI is InChI=1S/C23H31NO6/c1-15(2)16(3)9-10-23(13-28-5)21(30-17(4)26)12-19-11-18(22(27)29-6)7-8-20(19)24(23)14-25/h7-8,11,14,21H,9-10,12-13H2,1-6H3/t21-,23-/m1/s1. The Labute approximate surface area is 178 Å². The highest BCUT2D eigenvalue weighted by Gasteiger charge is 2.50. The van der Waals surface area contributed by atoms with E-state index in [1.807, 2.05) is 13.8 Å². The van der Waals surface area contributed by atoms with Gasteiger partial charge in [-0.1, -0.05) is 11.1 Å². The minimum atomic E-state index is -0.862. The van der Waals surface area contributed by atoms with E-state index >= 15 is 0 Å². The van der Waals surface area contributed by atoms with E-state index in [0.717, 1.165) is 18.4 Å². The molecule has 1 amide bonds. The summed E-state index contributed by atoms with van der Waals surface area (Å²) in [6.07, 6.45) is 1.78. The van der Waals surface area contributed by atoms with Gasteiger partial charge in [-0.3, -0.25) is 9.59 Å². The van der Waals surface area contributed by atoms with Gasteiger partial charge in [0.1, 0.15) is 11.6 Å². The van der Waals surface area contributed by atoms with E-state index in [2.05, 4.69) is 6.92 Å². The summed E-state index contributed by atoms with van der Waals surface area (Å²) in [5.41, 5.74) is 3.35. The quantitative estimate of drug-likeness (QED) is 0.366. The maximum atomic E-state index is 12.3. The number of rotatable bonds is 8. The molecular weight excluding hydrogens is 386 g/mol. The second-order valence-corrected chi connectivity index (χ2v) is 7.93. The minimum absolute atomic E-state index is 0.206. The van der Waals surface area contributed by atoms with Gasteiger partial charge in [-0.15, -0.1) is 0 Å². The molecule has 1 aromatic rings. The highest BCUT2D eigenvalue weighted by molar-refractivity contribution is 5.91. The number of carbonyl (C=O) groups is 3. The Hall–Kier alpha value is -2.67. The van der Waals surface area contributed by atoms with Gasteiger partial charge in [0, 0.05) is 26.1 Å². The normalized spacial score (nSPS) is 20.2. The van der Waals surface area contributed by atoms with Crippen LogP contribution in [0.3, 0.4) is 0 Å². The van der Waals surface area contributed by atoms with Crippen LogP contribution in [0.15, 0.2) is 29.3 Å². The second kappa shape index (κ2) is 9.89. The molecule has 0 saturated carbocycles. The first-order valence-corrected chi connectivity index (χ1v) is 9.95. The number of anilines is 1. The first kappa shape index (κ1) is 23.6. The average molecular weight is 418 g/mol. The first-order chi connectivity index (χ1) is 14.2. The van der Waals surface area contributed by atoms with Crippen molar-refractivity contribution in [3.63, 3.8) is 0 Å². The zero-order valence-corrected chi connectivity index (χ0v) is 18.6. The molecule has 164 valence electrons. The number of nitrogens with zero attached hydrogens (tertiary/aromatic N) is 1. The molecule has 0 spiro atoms.